The highest BCUT2D eigenvalue weighted by molar-refractivity contribution is 7.20. The highest BCUT2D eigenvalue weighted by Gasteiger charge is 2.14. The van der Waals surface area contributed by atoms with E-state index in [1.807, 2.05) is 54.1 Å². The van der Waals surface area contributed by atoms with E-state index in [1.54, 1.807) is 18.2 Å². The second-order valence-corrected chi connectivity index (χ2v) is 7.42. The Hall–Kier alpha value is -3.71. The zero-order chi connectivity index (χ0) is 20.5. The third-order valence-corrected chi connectivity index (χ3v) is 5.52. The largest absolute Gasteiger partial charge is 0.321 e. The quantitative estimate of drug-likeness (QED) is 0.309. The minimum Gasteiger partial charge on any atom is -0.316 e. The summed E-state index contributed by atoms with van der Waals surface area (Å²) in [5.41, 5.74) is 1.41. The van der Waals surface area contributed by atoms with Crippen LogP contribution in [0.3, 0.4) is 0 Å². The fourth-order valence-corrected chi connectivity index (χ4v) is 4.18. The standard InChI is InChI=1S/C22H17N3O3S/c1-3-5-15(6-4-2)24-10-9-14-7-8-16(11-18(14)24)25-19-12-17(13-26)29-21(19)23-20(27)22(25)28/h3-13H,1H2,2H3,(H,23,27)/b6-4-,15-5+. The fourth-order valence-electron chi connectivity index (χ4n) is 3.33. The van der Waals surface area contributed by atoms with Gasteiger partial charge in [0.15, 0.2) is 6.29 Å². The van der Waals surface area contributed by atoms with Crippen LogP contribution in [-0.2, 0) is 0 Å². The first-order valence-electron chi connectivity index (χ1n) is 8.88. The molecule has 7 heteroatoms. The van der Waals surface area contributed by atoms with Crippen molar-refractivity contribution in [3.8, 4) is 5.69 Å². The summed E-state index contributed by atoms with van der Waals surface area (Å²) in [6.07, 6.45) is 10.1. The Morgan fingerprint density at radius 2 is 2.00 bits per heavy atom. The van der Waals surface area contributed by atoms with Gasteiger partial charge in [0.1, 0.15) is 4.83 Å². The van der Waals surface area contributed by atoms with Crippen LogP contribution >= 0.6 is 11.3 Å². The summed E-state index contributed by atoms with van der Waals surface area (Å²) in [4.78, 5) is 39.5. The van der Waals surface area contributed by atoms with Crippen molar-refractivity contribution in [2.75, 3.05) is 0 Å². The Balaban J connectivity index is 2.03. The van der Waals surface area contributed by atoms with Crippen LogP contribution in [0.4, 0.5) is 0 Å². The minimum atomic E-state index is -0.728. The molecule has 0 aliphatic rings. The van der Waals surface area contributed by atoms with E-state index in [0.29, 0.717) is 27.2 Å². The van der Waals surface area contributed by atoms with E-state index in [0.717, 1.165) is 27.9 Å². The minimum absolute atomic E-state index is 0.434. The van der Waals surface area contributed by atoms with Gasteiger partial charge in [-0.3, -0.25) is 19.0 Å². The SMILES string of the molecule is C=C/C=C(\C=C/C)n1ccc2ccc(-n3c(=O)c(=O)[nH]c4sc(C=O)cc43)cc21. The number of H-pyrrole nitrogens is 1. The summed E-state index contributed by atoms with van der Waals surface area (Å²) >= 11 is 1.14. The molecule has 3 aromatic heterocycles. The second kappa shape index (κ2) is 7.37. The molecule has 1 aromatic carbocycles. The number of carbonyl (C=O) groups is 1. The number of carbonyl (C=O) groups excluding carboxylic acids is 1. The first kappa shape index (κ1) is 18.6. The molecule has 0 spiro atoms. The van der Waals surface area contributed by atoms with E-state index in [-0.39, 0.29) is 0 Å². The van der Waals surface area contributed by atoms with E-state index in [1.165, 1.54) is 4.57 Å². The zero-order valence-electron chi connectivity index (χ0n) is 15.6. The van der Waals surface area contributed by atoms with Crippen LogP contribution in [0.1, 0.15) is 16.6 Å². The van der Waals surface area contributed by atoms with E-state index in [2.05, 4.69) is 11.6 Å². The Labute approximate surface area is 169 Å². The third kappa shape index (κ3) is 3.11. The van der Waals surface area contributed by atoms with Crippen molar-refractivity contribution in [1.82, 2.24) is 14.1 Å². The van der Waals surface area contributed by atoms with Gasteiger partial charge in [-0.05, 0) is 43.3 Å². The van der Waals surface area contributed by atoms with Crippen molar-refractivity contribution in [3.05, 3.63) is 93.0 Å². The predicted molar refractivity (Wildman–Crippen MR) is 118 cm³/mol. The van der Waals surface area contributed by atoms with Crippen LogP contribution in [0.5, 0.6) is 0 Å². The van der Waals surface area contributed by atoms with Gasteiger partial charge in [0.05, 0.1) is 21.6 Å². The van der Waals surface area contributed by atoms with Gasteiger partial charge in [0, 0.05) is 17.3 Å². The lowest BCUT2D eigenvalue weighted by atomic mass is 10.2. The maximum atomic E-state index is 12.7. The Morgan fingerprint density at radius 3 is 2.72 bits per heavy atom. The summed E-state index contributed by atoms with van der Waals surface area (Å²) in [6.45, 7) is 5.70. The number of fused-ring (bicyclic) bond motifs is 2. The van der Waals surface area contributed by atoms with Crippen molar-refractivity contribution in [2.24, 2.45) is 0 Å². The number of aromatic nitrogens is 3. The highest BCUT2D eigenvalue weighted by Crippen LogP contribution is 2.26. The molecule has 0 aliphatic carbocycles. The van der Waals surface area contributed by atoms with Gasteiger partial charge < -0.3 is 9.55 Å². The van der Waals surface area contributed by atoms with Crippen LogP contribution in [0.2, 0.25) is 0 Å². The summed E-state index contributed by atoms with van der Waals surface area (Å²) in [5, 5.41) is 0.987. The molecule has 0 amide bonds. The Kier molecular flexibility index (Phi) is 4.74. The second-order valence-electron chi connectivity index (χ2n) is 6.33. The van der Waals surface area contributed by atoms with Gasteiger partial charge >= 0.3 is 11.1 Å². The molecule has 0 radical (unpaired) electrons. The van der Waals surface area contributed by atoms with Crippen molar-refractivity contribution in [3.63, 3.8) is 0 Å². The number of nitrogens with zero attached hydrogens (tertiary/aromatic N) is 2. The van der Waals surface area contributed by atoms with E-state index in [9.17, 15) is 14.4 Å². The molecular weight excluding hydrogens is 386 g/mol. The molecule has 4 rings (SSSR count). The van der Waals surface area contributed by atoms with Gasteiger partial charge in [-0.15, -0.1) is 11.3 Å². The van der Waals surface area contributed by atoms with Crippen LogP contribution in [-0.4, -0.2) is 20.4 Å². The molecular formula is C22H17N3O3S. The lowest BCUT2D eigenvalue weighted by Gasteiger charge is -2.10. The number of thiophene rings is 1. The van der Waals surface area contributed by atoms with E-state index in [4.69, 9.17) is 0 Å². The van der Waals surface area contributed by atoms with Crippen molar-refractivity contribution >= 4 is 44.6 Å². The van der Waals surface area contributed by atoms with Crippen molar-refractivity contribution < 1.29 is 4.79 Å². The first-order chi connectivity index (χ1) is 14.1. The molecule has 0 saturated carbocycles. The number of aromatic amines is 1. The molecule has 1 N–H and O–H groups in total. The summed E-state index contributed by atoms with van der Waals surface area (Å²) < 4.78 is 3.33. The van der Waals surface area contributed by atoms with Gasteiger partial charge in [-0.1, -0.05) is 24.8 Å². The molecule has 3 heterocycles. The molecule has 29 heavy (non-hydrogen) atoms. The fraction of sp³-hybridized carbons (Fsp3) is 0.0455. The number of allylic oxidation sites excluding steroid dienone is 5. The molecule has 0 aliphatic heterocycles. The maximum absolute atomic E-state index is 12.7. The average Bonchev–Trinajstić information content (AvgIpc) is 3.32. The van der Waals surface area contributed by atoms with Crippen molar-refractivity contribution in [1.29, 1.82) is 0 Å². The number of hydrogen-bond donors (Lipinski definition) is 1. The monoisotopic (exact) mass is 403 g/mol. The van der Waals surface area contributed by atoms with Crippen LogP contribution in [0, 0.1) is 0 Å². The number of aldehydes is 1. The normalized spacial score (nSPS) is 12.2. The van der Waals surface area contributed by atoms with E-state index < -0.39 is 11.1 Å². The summed E-state index contributed by atoms with van der Waals surface area (Å²) in [6, 6.07) is 9.13. The lowest BCUT2D eigenvalue weighted by Crippen LogP contribution is -2.35. The third-order valence-electron chi connectivity index (χ3n) is 4.55. The van der Waals surface area contributed by atoms with Crippen molar-refractivity contribution in [2.45, 2.75) is 6.92 Å². The highest BCUT2D eigenvalue weighted by atomic mass is 32.1. The van der Waals surface area contributed by atoms with Gasteiger partial charge in [-0.25, -0.2) is 0 Å². The van der Waals surface area contributed by atoms with Crippen LogP contribution in [0.25, 0.3) is 32.6 Å². The summed E-state index contributed by atoms with van der Waals surface area (Å²) in [5.74, 6) is 0. The number of nitrogens with one attached hydrogen (secondary N) is 1. The van der Waals surface area contributed by atoms with Crippen LogP contribution < -0.4 is 11.1 Å². The average molecular weight is 403 g/mol. The topological polar surface area (TPSA) is 76.9 Å². The summed E-state index contributed by atoms with van der Waals surface area (Å²) in [7, 11) is 0. The smallest absolute Gasteiger partial charge is 0.316 e. The Morgan fingerprint density at radius 1 is 1.17 bits per heavy atom. The molecule has 144 valence electrons. The van der Waals surface area contributed by atoms with Gasteiger partial charge in [0.25, 0.3) is 0 Å². The molecule has 0 unspecified atom stereocenters. The molecule has 0 saturated heterocycles. The number of hydrogen-bond acceptors (Lipinski definition) is 4. The molecule has 0 fully saturated rings. The maximum Gasteiger partial charge on any atom is 0.321 e. The van der Waals surface area contributed by atoms with Gasteiger partial charge in [-0.2, -0.15) is 0 Å². The number of rotatable bonds is 5. The lowest BCUT2D eigenvalue weighted by molar-refractivity contribution is 0.112. The molecule has 4 aromatic rings. The zero-order valence-corrected chi connectivity index (χ0v) is 16.4. The van der Waals surface area contributed by atoms with Crippen LogP contribution in [0.15, 0.2) is 77.0 Å². The predicted octanol–water partition coefficient (Wildman–Crippen LogP) is 4.11. The Bertz CT molecular complexity index is 1440. The number of benzene rings is 1. The molecule has 0 atom stereocenters. The first-order valence-corrected chi connectivity index (χ1v) is 9.70. The molecule has 0 bridgehead atoms. The van der Waals surface area contributed by atoms with Gasteiger partial charge in [0.2, 0.25) is 0 Å². The van der Waals surface area contributed by atoms with E-state index >= 15 is 0 Å². The molecule has 6 nitrogen and oxygen atoms in total.